The van der Waals surface area contributed by atoms with Gasteiger partial charge in [0, 0.05) is 30.3 Å². The summed E-state index contributed by atoms with van der Waals surface area (Å²) in [7, 11) is 1.52. The minimum atomic E-state index is -0.338. The van der Waals surface area contributed by atoms with Crippen molar-refractivity contribution in [3.05, 3.63) is 42.0 Å². The van der Waals surface area contributed by atoms with E-state index in [1.807, 2.05) is 0 Å². The summed E-state index contributed by atoms with van der Waals surface area (Å²) in [5.74, 6) is 0.501. The second-order valence-electron chi connectivity index (χ2n) is 6.54. The molecule has 8 heteroatoms. The molecule has 8 nitrogen and oxygen atoms in total. The highest BCUT2D eigenvalue weighted by molar-refractivity contribution is 6.06. The van der Waals surface area contributed by atoms with Crippen LogP contribution in [0.25, 0.3) is 0 Å². The van der Waals surface area contributed by atoms with Gasteiger partial charge < -0.3 is 25.0 Å². The van der Waals surface area contributed by atoms with E-state index in [0.29, 0.717) is 47.1 Å². The molecule has 0 radical (unpaired) electrons. The van der Waals surface area contributed by atoms with Crippen LogP contribution in [0.3, 0.4) is 0 Å². The molecule has 4 rings (SSSR count). The Morgan fingerprint density at radius 2 is 2.07 bits per heavy atom. The molecule has 2 aromatic carbocycles. The van der Waals surface area contributed by atoms with E-state index in [1.165, 1.54) is 7.11 Å². The van der Waals surface area contributed by atoms with Gasteiger partial charge in [-0.05, 0) is 36.8 Å². The summed E-state index contributed by atoms with van der Waals surface area (Å²) in [5, 5.41) is 5.48. The number of amides is 3. The van der Waals surface area contributed by atoms with E-state index in [0.717, 1.165) is 6.42 Å². The van der Waals surface area contributed by atoms with Gasteiger partial charge in [0.1, 0.15) is 11.5 Å². The van der Waals surface area contributed by atoms with E-state index < -0.39 is 0 Å². The van der Waals surface area contributed by atoms with E-state index >= 15 is 0 Å². The third-order valence-corrected chi connectivity index (χ3v) is 4.68. The van der Waals surface area contributed by atoms with Gasteiger partial charge in [0.2, 0.25) is 5.91 Å². The number of carbonyl (C=O) groups is 3. The molecule has 144 valence electrons. The number of carbonyl (C=O) groups excluding carboxylic acids is 3. The fourth-order valence-corrected chi connectivity index (χ4v) is 3.31. The molecule has 2 aliphatic rings. The van der Waals surface area contributed by atoms with Crippen molar-refractivity contribution in [1.29, 1.82) is 0 Å². The first kappa shape index (κ1) is 17.8. The highest BCUT2D eigenvalue weighted by atomic mass is 16.5. The molecule has 0 saturated carbocycles. The van der Waals surface area contributed by atoms with Gasteiger partial charge in [-0.25, -0.2) is 0 Å². The molecular weight excluding hydrogens is 362 g/mol. The highest BCUT2D eigenvalue weighted by Crippen LogP contribution is 2.34. The molecule has 2 aliphatic heterocycles. The molecule has 2 aromatic rings. The van der Waals surface area contributed by atoms with Crippen LogP contribution in [0.5, 0.6) is 11.5 Å². The summed E-state index contributed by atoms with van der Waals surface area (Å²) in [5.41, 5.74) is 2.07. The molecule has 0 bridgehead atoms. The van der Waals surface area contributed by atoms with Gasteiger partial charge in [-0.15, -0.1) is 0 Å². The lowest BCUT2D eigenvalue weighted by atomic mass is 10.1. The Kier molecular flexibility index (Phi) is 4.60. The van der Waals surface area contributed by atoms with Gasteiger partial charge in [-0.1, -0.05) is 0 Å². The second-order valence-corrected chi connectivity index (χ2v) is 6.54. The van der Waals surface area contributed by atoms with Crippen LogP contribution >= 0.6 is 0 Å². The van der Waals surface area contributed by atoms with Gasteiger partial charge in [0.15, 0.2) is 6.61 Å². The molecule has 2 heterocycles. The Morgan fingerprint density at radius 1 is 1.21 bits per heavy atom. The number of nitrogens with one attached hydrogen (secondary N) is 2. The Morgan fingerprint density at radius 3 is 2.82 bits per heavy atom. The van der Waals surface area contributed by atoms with Crippen molar-refractivity contribution in [2.45, 2.75) is 12.8 Å². The lowest BCUT2D eigenvalue weighted by molar-refractivity contribution is -0.119. The Bertz CT molecular complexity index is 972. The zero-order valence-corrected chi connectivity index (χ0v) is 15.3. The lowest BCUT2D eigenvalue weighted by Gasteiger charge is -2.20. The number of nitrogens with zero attached hydrogens (tertiary/aromatic N) is 1. The molecule has 0 spiro atoms. The molecule has 0 aliphatic carbocycles. The average molecular weight is 381 g/mol. The molecule has 3 amide bonds. The molecule has 28 heavy (non-hydrogen) atoms. The lowest BCUT2D eigenvalue weighted by Crippen LogP contribution is -2.25. The quantitative estimate of drug-likeness (QED) is 0.848. The maximum atomic E-state index is 12.6. The standard InChI is InChI=1S/C20H19N3O5/c1-27-17-10-13(5-6-15(17)23-8-2-3-19(23)25)21-20(26)12-4-7-16-14(9-12)22-18(24)11-28-16/h4-7,9-10H,2-3,8,11H2,1H3,(H,21,26)(H,22,24). The summed E-state index contributed by atoms with van der Waals surface area (Å²) in [4.78, 5) is 37.7. The van der Waals surface area contributed by atoms with Crippen molar-refractivity contribution >= 4 is 34.8 Å². The maximum Gasteiger partial charge on any atom is 0.262 e. The molecular formula is C20H19N3O5. The summed E-state index contributed by atoms with van der Waals surface area (Å²) >= 11 is 0. The zero-order valence-electron chi connectivity index (χ0n) is 15.3. The van der Waals surface area contributed by atoms with Crippen LogP contribution in [0.1, 0.15) is 23.2 Å². The predicted molar refractivity (Wildman–Crippen MR) is 103 cm³/mol. The predicted octanol–water partition coefficient (Wildman–Crippen LogP) is 2.41. The van der Waals surface area contributed by atoms with Crippen LogP contribution < -0.4 is 25.0 Å². The van der Waals surface area contributed by atoms with Crippen LogP contribution in [-0.2, 0) is 9.59 Å². The first-order chi connectivity index (χ1) is 13.5. The average Bonchev–Trinajstić information content (AvgIpc) is 3.12. The molecule has 1 saturated heterocycles. The Labute approximate surface area is 161 Å². The number of rotatable bonds is 4. The highest BCUT2D eigenvalue weighted by Gasteiger charge is 2.25. The molecule has 0 atom stereocenters. The van der Waals surface area contributed by atoms with Crippen molar-refractivity contribution in [2.24, 2.45) is 0 Å². The van der Waals surface area contributed by atoms with Crippen LogP contribution in [0.4, 0.5) is 17.1 Å². The summed E-state index contributed by atoms with van der Waals surface area (Å²) < 4.78 is 10.7. The Hall–Kier alpha value is -3.55. The number of ether oxygens (including phenoxy) is 2. The molecule has 0 unspecified atom stereocenters. The third-order valence-electron chi connectivity index (χ3n) is 4.68. The monoisotopic (exact) mass is 381 g/mol. The van der Waals surface area contributed by atoms with Gasteiger partial charge >= 0.3 is 0 Å². The maximum absolute atomic E-state index is 12.6. The van der Waals surface area contributed by atoms with Crippen LogP contribution in [0.15, 0.2) is 36.4 Å². The number of anilines is 3. The van der Waals surface area contributed by atoms with Crippen molar-refractivity contribution < 1.29 is 23.9 Å². The van der Waals surface area contributed by atoms with Gasteiger partial charge in [0.05, 0.1) is 18.5 Å². The summed E-state index contributed by atoms with van der Waals surface area (Å²) in [6, 6.07) is 10.0. The third kappa shape index (κ3) is 3.36. The van der Waals surface area contributed by atoms with Crippen molar-refractivity contribution in [2.75, 3.05) is 35.8 Å². The minimum absolute atomic E-state index is 0.0375. The number of fused-ring (bicyclic) bond motifs is 1. The van der Waals surface area contributed by atoms with E-state index in [2.05, 4.69) is 10.6 Å². The van der Waals surface area contributed by atoms with Crippen molar-refractivity contribution in [1.82, 2.24) is 0 Å². The fraction of sp³-hybridized carbons (Fsp3) is 0.250. The molecule has 0 aromatic heterocycles. The van der Waals surface area contributed by atoms with Crippen molar-refractivity contribution in [3.8, 4) is 11.5 Å². The topological polar surface area (TPSA) is 97.0 Å². The number of methoxy groups -OCH3 is 1. The van der Waals surface area contributed by atoms with Gasteiger partial charge in [-0.2, -0.15) is 0 Å². The first-order valence-electron chi connectivity index (χ1n) is 8.91. The minimum Gasteiger partial charge on any atom is -0.494 e. The number of benzene rings is 2. The number of hydrogen-bond donors (Lipinski definition) is 2. The van der Waals surface area contributed by atoms with E-state index in [1.54, 1.807) is 41.3 Å². The zero-order chi connectivity index (χ0) is 19.7. The van der Waals surface area contributed by atoms with Gasteiger partial charge in [0.25, 0.3) is 11.8 Å². The first-order valence-corrected chi connectivity index (χ1v) is 8.91. The second kappa shape index (κ2) is 7.22. The molecule has 2 N–H and O–H groups in total. The van der Waals surface area contributed by atoms with E-state index in [9.17, 15) is 14.4 Å². The van der Waals surface area contributed by atoms with Crippen LogP contribution in [0, 0.1) is 0 Å². The van der Waals surface area contributed by atoms with Gasteiger partial charge in [-0.3, -0.25) is 14.4 Å². The van der Waals surface area contributed by atoms with E-state index in [4.69, 9.17) is 9.47 Å². The number of hydrogen-bond acceptors (Lipinski definition) is 5. The normalized spacial score (nSPS) is 15.5. The van der Waals surface area contributed by atoms with Crippen molar-refractivity contribution in [3.63, 3.8) is 0 Å². The Balaban J connectivity index is 1.54. The summed E-state index contributed by atoms with van der Waals surface area (Å²) in [6.45, 7) is 0.619. The summed E-state index contributed by atoms with van der Waals surface area (Å²) in [6.07, 6.45) is 1.35. The largest absolute Gasteiger partial charge is 0.494 e. The van der Waals surface area contributed by atoms with Crippen LogP contribution in [0.2, 0.25) is 0 Å². The SMILES string of the molecule is COc1cc(NC(=O)c2ccc3c(c2)NC(=O)CO3)ccc1N1CCCC1=O. The molecule has 1 fully saturated rings. The smallest absolute Gasteiger partial charge is 0.262 e. The van der Waals surface area contributed by atoms with E-state index in [-0.39, 0.29) is 24.3 Å². The van der Waals surface area contributed by atoms with Crippen LogP contribution in [-0.4, -0.2) is 38.0 Å². The fourth-order valence-electron chi connectivity index (χ4n) is 3.31.